The lowest BCUT2D eigenvalue weighted by Gasteiger charge is -2.27. The van der Waals surface area contributed by atoms with E-state index in [9.17, 15) is 14.4 Å². The summed E-state index contributed by atoms with van der Waals surface area (Å²) in [6.45, 7) is 4.02. The zero-order chi connectivity index (χ0) is 20.5. The van der Waals surface area contributed by atoms with Gasteiger partial charge < -0.3 is 24.6 Å². The van der Waals surface area contributed by atoms with Crippen LogP contribution in [0.15, 0.2) is 36.9 Å². The summed E-state index contributed by atoms with van der Waals surface area (Å²) in [7, 11) is 3.22. The first-order valence-electron chi connectivity index (χ1n) is 9.18. The van der Waals surface area contributed by atoms with Crippen molar-refractivity contribution in [3.63, 3.8) is 0 Å². The molecule has 1 atom stereocenters. The van der Waals surface area contributed by atoms with Gasteiger partial charge in [0.05, 0.1) is 13.2 Å². The Morgan fingerprint density at radius 1 is 1.36 bits per heavy atom. The highest BCUT2D eigenvalue weighted by molar-refractivity contribution is 5.94. The predicted molar refractivity (Wildman–Crippen MR) is 105 cm³/mol. The van der Waals surface area contributed by atoms with Crippen molar-refractivity contribution in [3.05, 3.63) is 42.5 Å². The monoisotopic (exact) mass is 389 g/mol. The van der Waals surface area contributed by atoms with Gasteiger partial charge in [-0.05, 0) is 12.5 Å². The lowest BCUT2D eigenvalue weighted by Crippen LogP contribution is -2.38. The molecule has 8 nitrogen and oxygen atoms in total. The van der Waals surface area contributed by atoms with Gasteiger partial charge in [0.2, 0.25) is 11.8 Å². The van der Waals surface area contributed by atoms with Gasteiger partial charge in [0.15, 0.2) is 0 Å². The van der Waals surface area contributed by atoms with Gasteiger partial charge in [0, 0.05) is 38.3 Å². The largest absolute Gasteiger partial charge is 0.449 e. The number of amides is 3. The van der Waals surface area contributed by atoms with E-state index in [2.05, 4.69) is 11.9 Å². The van der Waals surface area contributed by atoms with Gasteiger partial charge in [-0.15, -0.1) is 6.58 Å². The maximum atomic E-state index is 12.6. The summed E-state index contributed by atoms with van der Waals surface area (Å²) in [5, 5.41) is 2.51. The molecule has 152 valence electrons. The number of nitrogens with zero attached hydrogens (tertiary/aromatic N) is 2. The highest BCUT2D eigenvalue weighted by atomic mass is 16.6. The molecule has 0 spiro atoms. The number of carbonyl (C=O) groups is 3. The number of benzene rings is 1. The number of fused-ring (bicyclic) bond motifs is 1. The van der Waals surface area contributed by atoms with E-state index in [1.54, 1.807) is 18.0 Å². The lowest BCUT2D eigenvalue weighted by atomic mass is 10.1. The molecule has 0 radical (unpaired) electrons. The Morgan fingerprint density at radius 2 is 2.11 bits per heavy atom. The fourth-order valence-corrected chi connectivity index (χ4v) is 2.87. The summed E-state index contributed by atoms with van der Waals surface area (Å²) in [6, 6.07) is 7.32. The quantitative estimate of drug-likeness (QED) is 0.593. The van der Waals surface area contributed by atoms with E-state index >= 15 is 0 Å². The van der Waals surface area contributed by atoms with Crippen LogP contribution in [0.3, 0.4) is 0 Å². The topological polar surface area (TPSA) is 88.2 Å². The van der Waals surface area contributed by atoms with E-state index < -0.39 is 12.2 Å². The molecule has 28 heavy (non-hydrogen) atoms. The molecule has 1 aromatic carbocycles. The standard InChI is InChI=1S/C20H27N3O5/c1-4-5-12-27-20(26)23-11-10-19(25)22(3)16-9-7-6-8-15(16)17(13-23)28-14-18(24)21-2/h4,6-9,17H,1,5,10-14H2,2-3H3,(H,21,24). The van der Waals surface area contributed by atoms with Crippen molar-refractivity contribution in [2.75, 3.05) is 45.3 Å². The van der Waals surface area contributed by atoms with Crippen molar-refractivity contribution >= 4 is 23.6 Å². The molecule has 8 heteroatoms. The Hall–Kier alpha value is -2.87. The zero-order valence-corrected chi connectivity index (χ0v) is 16.3. The average Bonchev–Trinajstić information content (AvgIpc) is 2.76. The Morgan fingerprint density at radius 3 is 2.82 bits per heavy atom. The minimum atomic E-state index is -0.589. The molecule has 1 unspecified atom stereocenters. The minimum absolute atomic E-state index is 0.122. The van der Waals surface area contributed by atoms with Crippen LogP contribution in [0, 0.1) is 0 Å². The number of hydrogen-bond acceptors (Lipinski definition) is 5. The van der Waals surface area contributed by atoms with Crippen LogP contribution in [-0.4, -0.2) is 63.2 Å². The number of nitrogens with one attached hydrogen (secondary N) is 1. The lowest BCUT2D eigenvalue weighted by molar-refractivity contribution is -0.127. The van der Waals surface area contributed by atoms with Gasteiger partial charge in [-0.2, -0.15) is 0 Å². The van der Waals surface area contributed by atoms with Crippen LogP contribution < -0.4 is 10.2 Å². The highest BCUT2D eigenvalue weighted by Crippen LogP contribution is 2.30. The summed E-state index contributed by atoms with van der Waals surface area (Å²) in [6.07, 6.45) is 1.25. The molecule has 1 heterocycles. The molecule has 0 fully saturated rings. The van der Waals surface area contributed by atoms with E-state index in [1.807, 2.05) is 24.3 Å². The molecule has 0 aromatic heterocycles. The molecular formula is C20H27N3O5. The number of hydrogen-bond donors (Lipinski definition) is 1. The fourth-order valence-electron chi connectivity index (χ4n) is 2.87. The molecule has 2 rings (SSSR count). The molecule has 3 amide bonds. The van der Waals surface area contributed by atoms with E-state index in [0.29, 0.717) is 12.1 Å². The van der Waals surface area contributed by atoms with Crippen LogP contribution in [0.4, 0.5) is 10.5 Å². The molecule has 0 saturated heterocycles. The first-order chi connectivity index (χ1) is 13.5. The number of para-hydroxylation sites is 1. The van der Waals surface area contributed by atoms with Crippen molar-refractivity contribution in [3.8, 4) is 0 Å². The number of likely N-dealkylation sites (N-methyl/N-ethyl adjacent to an activating group) is 1. The van der Waals surface area contributed by atoms with Gasteiger partial charge in [0.1, 0.15) is 12.7 Å². The maximum absolute atomic E-state index is 12.6. The molecular weight excluding hydrogens is 362 g/mol. The second-order valence-corrected chi connectivity index (χ2v) is 6.37. The van der Waals surface area contributed by atoms with Crippen molar-refractivity contribution < 1.29 is 23.9 Å². The predicted octanol–water partition coefficient (Wildman–Crippen LogP) is 1.87. The van der Waals surface area contributed by atoms with Crippen molar-refractivity contribution in [1.82, 2.24) is 10.2 Å². The van der Waals surface area contributed by atoms with Crippen LogP contribution in [0.1, 0.15) is 24.5 Å². The maximum Gasteiger partial charge on any atom is 0.409 e. The van der Waals surface area contributed by atoms with Gasteiger partial charge in [-0.3, -0.25) is 9.59 Å². The van der Waals surface area contributed by atoms with Crippen LogP contribution in [-0.2, 0) is 19.1 Å². The highest BCUT2D eigenvalue weighted by Gasteiger charge is 2.29. The SMILES string of the molecule is C=CCCOC(=O)N1CCC(=O)N(C)c2ccccc2C(OCC(=O)NC)C1. The molecule has 1 aromatic rings. The Labute approximate surface area is 165 Å². The molecule has 1 aliphatic heterocycles. The number of carbonyl (C=O) groups excluding carboxylic acids is 3. The van der Waals surface area contributed by atoms with Crippen molar-refractivity contribution in [2.45, 2.75) is 18.9 Å². The molecule has 0 aliphatic carbocycles. The van der Waals surface area contributed by atoms with E-state index in [0.717, 1.165) is 5.56 Å². The third-order valence-electron chi connectivity index (χ3n) is 4.50. The van der Waals surface area contributed by atoms with Gasteiger partial charge in [-0.1, -0.05) is 24.3 Å². The smallest absolute Gasteiger partial charge is 0.409 e. The van der Waals surface area contributed by atoms with Crippen LogP contribution >= 0.6 is 0 Å². The second kappa shape index (κ2) is 10.5. The first-order valence-corrected chi connectivity index (χ1v) is 9.18. The minimum Gasteiger partial charge on any atom is -0.449 e. The van der Waals surface area contributed by atoms with Crippen molar-refractivity contribution in [1.29, 1.82) is 0 Å². The Bertz CT molecular complexity index is 722. The van der Waals surface area contributed by atoms with Crippen molar-refractivity contribution in [2.24, 2.45) is 0 Å². The third-order valence-corrected chi connectivity index (χ3v) is 4.50. The van der Waals surface area contributed by atoms with Gasteiger partial charge >= 0.3 is 6.09 Å². The van der Waals surface area contributed by atoms with Crippen LogP contribution in [0.5, 0.6) is 0 Å². The second-order valence-electron chi connectivity index (χ2n) is 6.37. The molecule has 1 N–H and O–H groups in total. The van der Waals surface area contributed by atoms with E-state index in [4.69, 9.17) is 9.47 Å². The number of ether oxygens (including phenoxy) is 2. The normalized spacial score (nSPS) is 17.1. The number of anilines is 1. The third kappa shape index (κ3) is 5.56. The first kappa shape index (κ1) is 21.4. The van der Waals surface area contributed by atoms with Crippen LogP contribution in [0.25, 0.3) is 0 Å². The van der Waals surface area contributed by atoms with E-state index in [-0.39, 0.29) is 44.5 Å². The Balaban J connectivity index is 2.31. The molecule has 0 saturated carbocycles. The van der Waals surface area contributed by atoms with Crippen LogP contribution in [0.2, 0.25) is 0 Å². The molecule has 1 aliphatic rings. The summed E-state index contributed by atoms with van der Waals surface area (Å²) in [4.78, 5) is 39.7. The average molecular weight is 389 g/mol. The number of rotatable bonds is 6. The molecule has 0 bridgehead atoms. The summed E-state index contributed by atoms with van der Waals surface area (Å²) < 4.78 is 11.1. The van der Waals surface area contributed by atoms with E-state index in [1.165, 1.54) is 11.9 Å². The summed E-state index contributed by atoms with van der Waals surface area (Å²) in [5.74, 6) is -0.398. The van der Waals surface area contributed by atoms with Gasteiger partial charge in [0.25, 0.3) is 0 Å². The van der Waals surface area contributed by atoms with Gasteiger partial charge in [-0.25, -0.2) is 4.79 Å². The summed E-state index contributed by atoms with van der Waals surface area (Å²) >= 11 is 0. The zero-order valence-electron chi connectivity index (χ0n) is 16.3. The summed E-state index contributed by atoms with van der Waals surface area (Å²) in [5.41, 5.74) is 1.42. The fraction of sp³-hybridized carbons (Fsp3) is 0.450. The Kier molecular flexibility index (Phi) is 8.01.